The molecule has 0 aromatic rings. The van der Waals surface area contributed by atoms with Crippen molar-refractivity contribution in [3.05, 3.63) is 0 Å². The Morgan fingerprint density at radius 2 is 1.80 bits per heavy atom. The zero-order valence-corrected chi connectivity index (χ0v) is 5.11. The average Bonchev–Trinajstić information content (AvgIpc) is 1.73. The Morgan fingerprint density at radius 1 is 1.30 bits per heavy atom. The van der Waals surface area contributed by atoms with Crippen molar-refractivity contribution in [2.45, 2.75) is 11.4 Å². The van der Waals surface area contributed by atoms with Crippen molar-refractivity contribution in [2.24, 2.45) is 0 Å². The minimum Gasteiger partial charge on any atom is -0.401 e. The van der Waals surface area contributed by atoms with E-state index in [4.69, 9.17) is 5.02 Å². The van der Waals surface area contributed by atoms with Crippen LogP contribution in [-0.4, -0.2) is 23.8 Å². The van der Waals surface area contributed by atoms with E-state index < -0.39 is 18.7 Å². The van der Waals surface area contributed by atoms with Gasteiger partial charge in [-0.1, -0.05) is 0 Å². The van der Waals surface area contributed by atoms with Gasteiger partial charge in [0.1, 0.15) is 0 Å². The van der Waals surface area contributed by atoms with Crippen LogP contribution in [0.4, 0.5) is 13.2 Å². The highest BCUT2D eigenvalue weighted by molar-refractivity contribution is 6.38. The monoisotopic (exact) mass is 176 g/mol. The first-order valence-electron chi connectivity index (χ1n) is 2.14. The minimum atomic E-state index is -4.31. The van der Waals surface area contributed by atoms with Crippen molar-refractivity contribution >= 4 is 18.9 Å². The van der Waals surface area contributed by atoms with Gasteiger partial charge >= 0.3 is 18.7 Å². The van der Waals surface area contributed by atoms with E-state index in [1.165, 1.54) is 0 Å². The third kappa shape index (κ3) is 1.09. The molecule has 3 nitrogen and oxygen atoms in total. The van der Waals surface area contributed by atoms with E-state index in [1.54, 1.807) is 0 Å². The molecule has 1 aliphatic heterocycles. The molecule has 58 valence electrons. The molecule has 0 amide bonds. The van der Waals surface area contributed by atoms with E-state index in [0.29, 0.717) is 0 Å². The zero-order chi connectivity index (χ0) is 7.99. The summed E-state index contributed by atoms with van der Waals surface area (Å²) in [5.41, 5.74) is 0. The minimum absolute atomic E-state index is 2.32. The van der Waals surface area contributed by atoms with Gasteiger partial charge in [-0.05, 0) is 11.6 Å². The van der Waals surface area contributed by atoms with Gasteiger partial charge in [0.05, 0.1) is 0 Å². The third-order valence-electron chi connectivity index (χ3n) is 0.836. The first-order chi connectivity index (χ1) is 4.35. The molecule has 8 heteroatoms. The normalized spacial score (nSPS) is 38.7. The predicted octanol–water partition coefficient (Wildman–Crippen LogP) is 0.465. The number of alkyl halides is 4. The summed E-state index contributed by atoms with van der Waals surface area (Å²) in [7, 11) is -2.32. The topological polar surface area (TPSA) is 38.7 Å². The standard InChI is InChI=1S/C2HBClF3O3/c4-1(5)2(6,7)10-3(8)9-1/h8H. The van der Waals surface area contributed by atoms with Crippen LogP contribution in [0, 0.1) is 0 Å². The van der Waals surface area contributed by atoms with Crippen LogP contribution >= 0.6 is 11.6 Å². The average molecular weight is 176 g/mol. The van der Waals surface area contributed by atoms with Crippen LogP contribution in [0.1, 0.15) is 0 Å². The zero-order valence-electron chi connectivity index (χ0n) is 4.35. The fourth-order valence-electron chi connectivity index (χ4n) is 0.414. The lowest BCUT2D eigenvalue weighted by Crippen LogP contribution is -2.35. The molecular weight excluding hydrogens is 175 g/mol. The quantitative estimate of drug-likeness (QED) is 0.430. The van der Waals surface area contributed by atoms with Gasteiger partial charge in [-0.25, -0.2) is 0 Å². The maximum absolute atomic E-state index is 12.1. The van der Waals surface area contributed by atoms with Gasteiger partial charge in [0.2, 0.25) is 0 Å². The van der Waals surface area contributed by atoms with Gasteiger partial charge in [-0.3, -0.25) is 0 Å². The van der Waals surface area contributed by atoms with Crippen LogP contribution in [0.15, 0.2) is 0 Å². The summed E-state index contributed by atoms with van der Waals surface area (Å²) < 4.78 is 42.8. The van der Waals surface area contributed by atoms with Crippen molar-refractivity contribution in [3.8, 4) is 0 Å². The molecule has 1 heterocycles. The molecule has 0 radical (unpaired) electrons. The predicted molar refractivity (Wildman–Crippen MR) is 24.8 cm³/mol. The Labute approximate surface area is 58.8 Å². The third-order valence-corrected chi connectivity index (χ3v) is 1.15. The molecule has 1 aliphatic rings. The summed E-state index contributed by atoms with van der Waals surface area (Å²) in [5.74, 6) is 0. The Balaban J connectivity index is 2.78. The number of hydrogen-bond donors (Lipinski definition) is 1. The SMILES string of the molecule is OB1OC(F)(F)C(F)(Cl)O1. The summed E-state index contributed by atoms with van der Waals surface area (Å²) in [4.78, 5) is 0. The van der Waals surface area contributed by atoms with Gasteiger partial charge in [-0.15, -0.1) is 0 Å². The van der Waals surface area contributed by atoms with Crippen molar-refractivity contribution in [1.82, 2.24) is 0 Å². The van der Waals surface area contributed by atoms with Gasteiger partial charge in [0, 0.05) is 0 Å². The van der Waals surface area contributed by atoms with Crippen LogP contribution in [-0.2, 0) is 9.31 Å². The van der Waals surface area contributed by atoms with Crippen LogP contribution in [0.5, 0.6) is 0 Å². The largest absolute Gasteiger partial charge is 0.644 e. The number of halogens is 4. The van der Waals surface area contributed by atoms with Gasteiger partial charge < -0.3 is 14.3 Å². The number of rotatable bonds is 0. The molecule has 0 aromatic carbocycles. The summed E-state index contributed by atoms with van der Waals surface area (Å²) in [5, 5.41) is 4.38. The fourth-order valence-corrected chi connectivity index (χ4v) is 0.535. The van der Waals surface area contributed by atoms with Crippen molar-refractivity contribution < 1.29 is 27.5 Å². The lowest BCUT2D eigenvalue weighted by molar-refractivity contribution is -0.250. The smallest absolute Gasteiger partial charge is 0.401 e. The molecule has 1 atom stereocenters. The van der Waals surface area contributed by atoms with Gasteiger partial charge in [0.25, 0.3) is 0 Å². The lowest BCUT2D eigenvalue weighted by Gasteiger charge is -2.15. The van der Waals surface area contributed by atoms with E-state index in [2.05, 4.69) is 20.9 Å². The van der Waals surface area contributed by atoms with E-state index in [-0.39, 0.29) is 0 Å². The molecule has 1 fully saturated rings. The molecule has 10 heavy (non-hydrogen) atoms. The van der Waals surface area contributed by atoms with Crippen LogP contribution in [0.3, 0.4) is 0 Å². The van der Waals surface area contributed by atoms with Crippen molar-refractivity contribution in [2.75, 3.05) is 0 Å². The molecule has 0 saturated carbocycles. The second kappa shape index (κ2) is 2.01. The molecule has 1 N–H and O–H groups in total. The second-order valence-corrected chi connectivity index (χ2v) is 2.06. The van der Waals surface area contributed by atoms with Crippen LogP contribution < -0.4 is 0 Å². The highest BCUT2D eigenvalue weighted by Gasteiger charge is 2.67. The first-order valence-corrected chi connectivity index (χ1v) is 2.52. The first kappa shape index (κ1) is 8.12. The molecule has 0 bridgehead atoms. The molecule has 1 unspecified atom stereocenters. The highest BCUT2D eigenvalue weighted by atomic mass is 35.5. The van der Waals surface area contributed by atoms with Crippen molar-refractivity contribution in [1.29, 1.82) is 0 Å². The maximum atomic E-state index is 12.1. The molecular formula is C2HBClF3O3. The van der Waals surface area contributed by atoms with Crippen LogP contribution in [0.2, 0.25) is 0 Å². The van der Waals surface area contributed by atoms with E-state index in [9.17, 15) is 13.2 Å². The molecule has 0 aliphatic carbocycles. The summed E-state index contributed by atoms with van der Waals surface area (Å²) >= 11 is 4.43. The summed E-state index contributed by atoms with van der Waals surface area (Å²) in [6, 6.07) is 0. The second-order valence-electron chi connectivity index (χ2n) is 1.58. The Morgan fingerprint density at radius 3 is 1.90 bits per heavy atom. The Kier molecular flexibility index (Phi) is 1.63. The Bertz CT molecular complexity index is 137. The maximum Gasteiger partial charge on any atom is 0.644 e. The van der Waals surface area contributed by atoms with Crippen LogP contribution in [0.25, 0.3) is 0 Å². The van der Waals surface area contributed by atoms with Gasteiger partial charge in [0.15, 0.2) is 0 Å². The number of hydrogen-bond acceptors (Lipinski definition) is 3. The molecule has 1 saturated heterocycles. The molecule has 1 rings (SSSR count). The lowest BCUT2D eigenvalue weighted by atomic mass is 10.3. The fraction of sp³-hybridized carbons (Fsp3) is 1.00. The summed E-state index contributed by atoms with van der Waals surface area (Å²) in [6.45, 7) is 0. The molecule has 0 spiro atoms. The Hall–Kier alpha value is 0.0249. The van der Waals surface area contributed by atoms with E-state index in [0.717, 1.165) is 0 Å². The van der Waals surface area contributed by atoms with Crippen molar-refractivity contribution in [3.63, 3.8) is 0 Å². The van der Waals surface area contributed by atoms with E-state index in [1.807, 2.05) is 0 Å². The summed E-state index contributed by atoms with van der Waals surface area (Å²) in [6.07, 6.45) is -4.31. The van der Waals surface area contributed by atoms with Gasteiger partial charge in [-0.2, -0.15) is 13.2 Å². The molecule has 0 aromatic heterocycles. The highest BCUT2D eigenvalue weighted by Crippen LogP contribution is 2.43. The van der Waals surface area contributed by atoms with E-state index >= 15 is 0 Å².